The zero-order valence-electron chi connectivity index (χ0n) is 12.7. The first-order valence-electron chi connectivity index (χ1n) is 7.23. The molecule has 0 aromatic heterocycles. The molecule has 120 valence electrons. The molecule has 0 saturated carbocycles. The molecule has 0 aliphatic carbocycles. The lowest BCUT2D eigenvalue weighted by Crippen LogP contribution is -2.48. The third kappa shape index (κ3) is 3.73. The fourth-order valence-electron chi connectivity index (χ4n) is 2.36. The van der Waals surface area contributed by atoms with Crippen molar-refractivity contribution in [3.63, 3.8) is 0 Å². The summed E-state index contributed by atoms with van der Waals surface area (Å²) < 4.78 is 26.8. The van der Waals surface area contributed by atoms with E-state index in [2.05, 4.69) is 23.7 Å². The Balaban J connectivity index is 2.17. The molecule has 2 rings (SSSR count). The Morgan fingerprint density at radius 2 is 2.00 bits per heavy atom. The summed E-state index contributed by atoms with van der Waals surface area (Å²) in [5.41, 5.74) is 0.443. The molecule has 7 heteroatoms. The fraction of sp³-hybridized carbons (Fsp3) is 0.400. The van der Waals surface area contributed by atoms with Gasteiger partial charge in [-0.15, -0.1) is 0 Å². The van der Waals surface area contributed by atoms with Gasteiger partial charge in [-0.25, -0.2) is 8.42 Å². The van der Waals surface area contributed by atoms with Crippen LogP contribution in [-0.4, -0.2) is 56.3 Å². The van der Waals surface area contributed by atoms with Crippen LogP contribution in [0, 0.1) is 0 Å². The number of piperazine rings is 1. The molecule has 22 heavy (non-hydrogen) atoms. The van der Waals surface area contributed by atoms with Crippen LogP contribution in [-0.2, 0) is 14.8 Å². The van der Waals surface area contributed by atoms with E-state index in [9.17, 15) is 13.2 Å². The van der Waals surface area contributed by atoms with Crippen LogP contribution in [0.3, 0.4) is 0 Å². The molecular weight excluding hydrogens is 302 g/mol. The topological polar surface area (TPSA) is 69.7 Å². The predicted molar refractivity (Wildman–Crippen MR) is 86.1 cm³/mol. The van der Waals surface area contributed by atoms with Gasteiger partial charge < -0.3 is 10.2 Å². The van der Waals surface area contributed by atoms with E-state index in [1.807, 2.05) is 0 Å². The highest BCUT2D eigenvalue weighted by molar-refractivity contribution is 7.89. The Labute approximate surface area is 131 Å². The molecular formula is C15H21N3O3S. The maximum atomic E-state index is 12.7. The first-order valence-corrected chi connectivity index (χ1v) is 8.67. The van der Waals surface area contributed by atoms with E-state index in [0.29, 0.717) is 18.8 Å². The second-order valence-corrected chi connectivity index (χ2v) is 7.00. The molecule has 1 aliphatic rings. The van der Waals surface area contributed by atoms with Crippen LogP contribution in [0.5, 0.6) is 0 Å². The van der Waals surface area contributed by atoms with Crippen molar-refractivity contribution in [2.75, 3.05) is 38.0 Å². The van der Waals surface area contributed by atoms with Gasteiger partial charge in [-0.3, -0.25) is 4.79 Å². The van der Waals surface area contributed by atoms with Crippen LogP contribution in [0.25, 0.3) is 0 Å². The minimum absolute atomic E-state index is 0.194. The number of amides is 1. The number of rotatable bonds is 5. The van der Waals surface area contributed by atoms with E-state index in [1.165, 1.54) is 10.4 Å². The Kier molecular flexibility index (Phi) is 5.33. The van der Waals surface area contributed by atoms with E-state index in [1.54, 1.807) is 18.2 Å². The van der Waals surface area contributed by atoms with E-state index in [4.69, 9.17) is 0 Å². The number of likely N-dealkylation sites (N-methyl/N-ethyl adjacent to an activating group) is 1. The fourth-order valence-corrected chi connectivity index (χ4v) is 3.83. The maximum Gasteiger partial charge on any atom is 0.247 e. The average molecular weight is 323 g/mol. The lowest BCUT2D eigenvalue weighted by atomic mass is 10.3. The second-order valence-electron chi connectivity index (χ2n) is 5.06. The summed E-state index contributed by atoms with van der Waals surface area (Å²) in [7, 11) is -3.53. The zero-order chi connectivity index (χ0) is 16.2. The van der Waals surface area contributed by atoms with Crippen molar-refractivity contribution in [2.45, 2.75) is 11.8 Å². The Bertz CT molecular complexity index is 650. The van der Waals surface area contributed by atoms with E-state index in [0.717, 1.165) is 25.7 Å². The quantitative estimate of drug-likeness (QED) is 0.825. The van der Waals surface area contributed by atoms with Crippen molar-refractivity contribution in [2.24, 2.45) is 0 Å². The molecule has 1 fully saturated rings. The summed E-state index contributed by atoms with van der Waals surface area (Å²) in [6.07, 6.45) is 1.14. The largest absolute Gasteiger partial charge is 0.322 e. The Hall–Kier alpha value is -1.70. The van der Waals surface area contributed by atoms with Gasteiger partial charge in [0.2, 0.25) is 15.9 Å². The summed E-state index contributed by atoms with van der Waals surface area (Å²) >= 11 is 0. The molecule has 1 heterocycles. The number of hydrogen-bond acceptors (Lipinski definition) is 4. The highest BCUT2D eigenvalue weighted by atomic mass is 32.2. The highest BCUT2D eigenvalue weighted by Crippen LogP contribution is 2.21. The molecule has 0 unspecified atom stereocenters. The summed E-state index contributed by atoms with van der Waals surface area (Å²) in [6.45, 7) is 8.81. The summed E-state index contributed by atoms with van der Waals surface area (Å²) in [4.78, 5) is 13.7. The zero-order valence-corrected chi connectivity index (χ0v) is 13.5. The molecule has 0 spiro atoms. The van der Waals surface area contributed by atoms with Gasteiger partial charge in [0.1, 0.15) is 0 Å². The number of benzene rings is 1. The molecule has 0 bridgehead atoms. The van der Waals surface area contributed by atoms with Crippen LogP contribution < -0.4 is 5.32 Å². The summed E-state index contributed by atoms with van der Waals surface area (Å²) in [5.74, 6) is -0.369. The van der Waals surface area contributed by atoms with Crippen LogP contribution in [0.2, 0.25) is 0 Å². The number of sulfonamides is 1. The van der Waals surface area contributed by atoms with Crippen LogP contribution in [0.15, 0.2) is 41.8 Å². The van der Waals surface area contributed by atoms with Crippen LogP contribution >= 0.6 is 0 Å². The molecule has 1 amide bonds. The minimum Gasteiger partial charge on any atom is -0.322 e. The lowest BCUT2D eigenvalue weighted by molar-refractivity contribution is -0.111. The van der Waals surface area contributed by atoms with E-state index in [-0.39, 0.29) is 10.8 Å². The normalized spacial score (nSPS) is 17.1. The smallest absolute Gasteiger partial charge is 0.247 e. The molecule has 1 aromatic carbocycles. The van der Waals surface area contributed by atoms with Gasteiger partial charge in [-0.2, -0.15) is 4.31 Å². The van der Waals surface area contributed by atoms with E-state index >= 15 is 0 Å². The van der Waals surface area contributed by atoms with Crippen molar-refractivity contribution in [3.05, 3.63) is 36.9 Å². The van der Waals surface area contributed by atoms with Gasteiger partial charge in [0, 0.05) is 31.9 Å². The van der Waals surface area contributed by atoms with Crippen molar-refractivity contribution in [1.82, 2.24) is 9.21 Å². The molecule has 0 radical (unpaired) electrons. The van der Waals surface area contributed by atoms with Crippen LogP contribution in [0.1, 0.15) is 6.92 Å². The summed E-state index contributed by atoms with van der Waals surface area (Å²) in [5, 5.41) is 2.58. The number of anilines is 1. The average Bonchev–Trinajstić information content (AvgIpc) is 2.55. The number of nitrogens with one attached hydrogen (secondary N) is 1. The number of carbonyl (C=O) groups excluding carboxylic acids is 1. The van der Waals surface area contributed by atoms with Gasteiger partial charge in [0.15, 0.2) is 0 Å². The van der Waals surface area contributed by atoms with E-state index < -0.39 is 10.0 Å². The Morgan fingerprint density at radius 1 is 1.32 bits per heavy atom. The van der Waals surface area contributed by atoms with Crippen molar-refractivity contribution < 1.29 is 13.2 Å². The molecule has 1 saturated heterocycles. The van der Waals surface area contributed by atoms with Gasteiger partial charge in [-0.05, 0) is 30.8 Å². The summed E-state index contributed by atoms with van der Waals surface area (Å²) in [6, 6.07) is 6.29. The van der Waals surface area contributed by atoms with Gasteiger partial charge in [0.05, 0.1) is 4.90 Å². The maximum absolute atomic E-state index is 12.7. The lowest BCUT2D eigenvalue weighted by Gasteiger charge is -2.33. The predicted octanol–water partition coefficient (Wildman–Crippen LogP) is 1.14. The van der Waals surface area contributed by atoms with Crippen molar-refractivity contribution in [3.8, 4) is 0 Å². The number of nitrogens with zero attached hydrogens (tertiary/aromatic N) is 2. The molecule has 1 aliphatic heterocycles. The molecule has 1 aromatic rings. The number of hydrogen-bond donors (Lipinski definition) is 1. The third-order valence-electron chi connectivity index (χ3n) is 3.70. The third-order valence-corrected chi connectivity index (χ3v) is 5.60. The van der Waals surface area contributed by atoms with Gasteiger partial charge >= 0.3 is 0 Å². The molecule has 0 atom stereocenters. The molecule has 6 nitrogen and oxygen atoms in total. The van der Waals surface area contributed by atoms with Crippen molar-refractivity contribution in [1.29, 1.82) is 0 Å². The van der Waals surface area contributed by atoms with Gasteiger partial charge in [-0.1, -0.05) is 19.6 Å². The first kappa shape index (κ1) is 16.7. The minimum atomic E-state index is -3.53. The van der Waals surface area contributed by atoms with Crippen LogP contribution in [0.4, 0.5) is 5.69 Å². The standard InChI is InChI=1S/C15H21N3O3S/c1-3-15(19)16-13-6-5-7-14(12-13)22(20,21)18-10-8-17(4-2)9-11-18/h3,5-7,12H,1,4,8-11H2,2H3,(H,16,19). The second kappa shape index (κ2) is 7.04. The SMILES string of the molecule is C=CC(=O)Nc1cccc(S(=O)(=O)N2CCN(CC)CC2)c1. The van der Waals surface area contributed by atoms with Crippen molar-refractivity contribution >= 4 is 21.6 Å². The highest BCUT2D eigenvalue weighted by Gasteiger charge is 2.28. The monoisotopic (exact) mass is 323 g/mol. The molecule has 1 N–H and O–H groups in total. The number of carbonyl (C=O) groups is 1. The van der Waals surface area contributed by atoms with Gasteiger partial charge in [0.25, 0.3) is 0 Å². The first-order chi connectivity index (χ1) is 10.5. The Morgan fingerprint density at radius 3 is 2.59 bits per heavy atom.